The minimum absolute atomic E-state index is 0.0109. The molecule has 1 amide bonds. The van der Waals surface area contributed by atoms with Gasteiger partial charge in [-0.2, -0.15) is 5.10 Å². The summed E-state index contributed by atoms with van der Waals surface area (Å²) >= 11 is 0. The third-order valence-corrected chi connectivity index (χ3v) is 6.19. The standard InChI is InChI=1S/C22H20F2N4O5S/c1-34(30,31)13-28-18-8-17(21(29)27-6-7-32-12-22(23,24)11-27)25-9-15(18)20(26-28)16-10-33-19-5-3-2-4-14(16)19/h2-5,8-10H,6-7,11-13H2,1H3. The van der Waals surface area contributed by atoms with Crippen LogP contribution >= 0.6 is 0 Å². The van der Waals surface area contributed by atoms with Crippen LogP contribution in [0.15, 0.2) is 47.2 Å². The SMILES string of the molecule is CS(=O)(=O)Cn1nc(-c2coc3ccccc23)c2cnc(C(=O)N3CCOCC(F)(F)C3)cc21. The van der Waals surface area contributed by atoms with Gasteiger partial charge in [0.15, 0.2) is 9.84 Å². The summed E-state index contributed by atoms with van der Waals surface area (Å²) in [7, 11) is -3.49. The summed E-state index contributed by atoms with van der Waals surface area (Å²) in [5, 5.41) is 5.77. The molecular formula is C22H20F2N4O5S. The highest BCUT2D eigenvalue weighted by Crippen LogP contribution is 2.35. The van der Waals surface area contributed by atoms with Gasteiger partial charge in [0.25, 0.3) is 11.8 Å². The number of para-hydroxylation sites is 1. The molecule has 1 aromatic carbocycles. The minimum Gasteiger partial charge on any atom is -0.464 e. The maximum atomic E-state index is 14.0. The van der Waals surface area contributed by atoms with E-state index in [4.69, 9.17) is 9.15 Å². The first-order valence-corrected chi connectivity index (χ1v) is 12.4. The van der Waals surface area contributed by atoms with Gasteiger partial charge >= 0.3 is 0 Å². The molecule has 9 nitrogen and oxygen atoms in total. The van der Waals surface area contributed by atoms with Gasteiger partial charge in [0.1, 0.15) is 35.7 Å². The number of hydrogen-bond donors (Lipinski definition) is 0. The van der Waals surface area contributed by atoms with Crippen LogP contribution in [0.2, 0.25) is 0 Å². The van der Waals surface area contributed by atoms with E-state index >= 15 is 0 Å². The van der Waals surface area contributed by atoms with Crippen LogP contribution in [0, 0.1) is 0 Å². The number of alkyl halides is 2. The molecular weight excluding hydrogens is 470 g/mol. The lowest BCUT2D eigenvalue weighted by Crippen LogP contribution is -2.41. The number of ether oxygens (including phenoxy) is 1. The average Bonchev–Trinajstić information content (AvgIpc) is 3.29. The minimum atomic E-state index is -3.49. The van der Waals surface area contributed by atoms with E-state index in [2.05, 4.69) is 10.1 Å². The van der Waals surface area contributed by atoms with Crippen molar-refractivity contribution < 1.29 is 31.1 Å². The van der Waals surface area contributed by atoms with E-state index in [1.807, 2.05) is 18.2 Å². The maximum absolute atomic E-state index is 14.0. The van der Waals surface area contributed by atoms with E-state index in [0.717, 1.165) is 16.5 Å². The van der Waals surface area contributed by atoms with E-state index < -0.39 is 40.7 Å². The summed E-state index contributed by atoms with van der Waals surface area (Å²) in [6, 6.07) is 8.69. The van der Waals surface area contributed by atoms with Crippen molar-refractivity contribution in [2.24, 2.45) is 0 Å². The predicted octanol–water partition coefficient (Wildman–Crippen LogP) is 2.95. The Labute approximate surface area is 192 Å². The molecule has 0 aliphatic carbocycles. The lowest BCUT2D eigenvalue weighted by atomic mass is 10.1. The van der Waals surface area contributed by atoms with Crippen molar-refractivity contribution in [1.82, 2.24) is 19.7 Å². The number of sulfone groups is 1. The Kier molecular flexibility index (Phi) is 5.36. The number of benzene rings is 1. The van der Waals surface area contributed by atoms with Crippen molar-refractivity contribution in [3.05, 3.63) is 48.5 Å². The Hall–Kier alpha value is -3.38. The second kappa shape index (κ2) is 8.13. The number of amides is 1. The van der Waals surface area contributed by atoms with E-state index in [0.29, 0.717) is 27.7 Å². The molecule has 4 heterocycles. The number of nitrogens with zero attached hydrogens (tertiary/aromatic N) is 4. The van der Waals surface area contributed by atoms with Crippen LogP contribution < -0.4 is 0 Å². The zero-order valence-electron chi connectivity index (χ0n) is 18.1. The van der Waals surface area contributed by atoms with E-state index in [1.165, 1.54) is 23.2 Å². The summed E-state index contributed by atoms with van der Waals surface area (Å²) in [5.74, 6) is -4.31. The highest BCUT2D eigenvalue weighted by molar-refractivity contribution is 7.89. The molecule has 4 aromatic rings. The van der Waals surface area contributed by atoms with Crippen LogP contribution in [0.1, 0.15) is 10.5 Å². The van der Waals surface area contributed by atoms with Gasteiger partial charge in [-0.1, -0.05) is 18.2 Å². The molecule has 5 rings (SSSR count). The predicted molar refractivity (Wildman–Crippen MR) is 119 cm³/mol. The van der Waals surface area contributed by atoms with Crippen molar-refractivity contribution in [3.8, 4) is 11.3 Å². The van der Waals surface area contributed by atoms with Gasteiger partial charge in [-0.25, -0.2) is 21.9 Å². The summed E-state index contributed by atoms with van der Waals surface area (Å²) in [6.45, 7) is -1.58. The Balaban J connectivity index is 1.62. The molecule has 178 valence electrons. The third-order valence-electron chi connectivity index (χ3n) is 5.48. The molecule has 1 fully saturated rings. The number of furan rings is 1. The Morgan fingerprint density at radius 3 is 2.82 bits per heavy atom. The lowest BCUT2D eigenvalue weighted by molar-refractivity contribution is -0.0661. The van der Waals surface area contributed by atoms with Crippen LogP contribution in [0.4, 0.5) is 8.78 Å². The normalized spacial score (nSPS) is 16.7. The summed E-state index contributed by atoms with van der Waals surface area (Å²) < 4.78 is 63.8. The van der Waals surface area contributed by atoms with Gasteiger partial charge < -0.3 is 14.1 Å². The van der Waals surface area contributed by atoms with Crippen LogP contribution in [0.3, 0.4) is 0 Å². The molecule has 12 heteroatoms. The number of rotatable bonds is 4. The first kappa shape index (κ1) is 22.4. The highest BCUT2D eigenvalue weighted by Gasteiger charge is 2.37. The van der Waals surface area contributed by atoms with Crippen LogP contribution in [-0.2, 0) is 20.5 Å². The molecule has 34 heavy (non-hydrogen) atoms. The average molecular weight is 490 g/mol. The Morgan fingerprint density at radius 1 is 1.24 bits per heavy atom. The Morgan fingerprint density at radius 2 is 2.03 bits per heavy atom. The molecule has 0 spiro atoms. The van der Waals surface area contributed by atoms with Crippen molar-refractivity contribution in [2.75, 3.05) is 32.6 Å². The second-order valence-corrected chi connectivity index (χ2v) is 10.4. The highest BCUT2D eigenvalue weighted by atomic mass is 32.2. The van der Waals surface area contributed by atoms with Gasteiger partial charge in [-0.3, -0.25) is 9.78 Å². The lowest BCUT2D eigenvalue weighted by Gasteiger charge is -2.22. The van der Waals surface area contributed by atoms with E-state index in [9.17, 15) is 22.0 Å². The van der Waals surface area contributed by atoms with Crippen molar-refractivity contribution in [3.63, 3.8) is 0 Å². The van der Waals surface area contributed by atoms with Crippen LogP contribution in [0.5, 0.6) is 0 Å². The van der Waals surface area contributed by atoms with Gasteiger partial charge in [0.05, 0.1) is 18.7 Å². The van der Waals surface area contributed by atoms with Gasteiger partial charge in [-0.15, -0.1) is 0 Å². The number of carbonyl (C=O) groups is 1. The fourth-order valence-corrected chi connectivity index (χ4v) is 4.64. The van der Waals surface area contributed by atoms with Gasteiger partial charge in [-0.05, 0) is 12.1 Å². The van der Waals surface area contributed by atoms with Gasteiger partial charge in [0.2, 0.25) is 0 Å². The third kappa shape index (κ3) is 4.26. The number of pyridine rings is 1. The topological polar surface area (TPSA) is 108 Å². The summed E-state index contributed by atoms with van der Waals surface area (Å²) in [5.41, 5.74) is 1.94. The molecule has 0 unspecified atom stereocenters. The second-order valence-electron chi connectivity index (χ2n) is 8.27. The molecule has 0 saturated carbocycles. The van der Waals surface area contributed by atoms with Gasteiger partial charge in [0, 0.05) is 35.3 Å². The quantitative estimate of drug-likeness (QED) is 0.433. The van der Waals surface area contributed by atoms with Crippen molar-refractivity contribution in [2.45, 2.75) is 11.8 Å². The molecule has 1 aliphatic rings. The molecule has 1 saturated heterocycles. The Bertz CT molecular complexity index is 1510. The van der Waals surface area contributed by atoms with Crippen LogP contribution in [0.25, 0.3) is 33.1 Å². The van der Waals surface area contributed by atoms with Crippen molar-refractivity contribution >= 4 is 37.6 Å². The summed E-state index contributed by atoms with van der Waals surface area (Å²) in [6.07, 6.45) is 3.99. The molecule has 0 atom stereocenters. The molecule has 1 aliphatic heterocycles. The maximum Gasteiger partial charge on any atom is 0.288 e. The van der Waals surface area contributed by atoms with E-state index in [-0.39, 0.29) is 18.8 Å². The zero-order valence-corrected chi connectivity index (χ0v) is 18.9. The molecule has 0 bridgehead atoms. The number of carbonyl (C=O) groups excluding carboxylic acids is 1. The van der Waals surface area contributed by atoms with Crippen molar-refractivity contribution in [1.29, 1.82) is 0 Å². The summed E-state index contributed by atoms with van der Waals surface area (Å²) in [4.78, 5) is 18.2. The first-order chi connectivity index (χ1) is 16.1. The number of aromatic nitrogens is 3. The fourth-order valence-electron chi connectivity index (χ4n) is 4.00. The number of fused-ring (bicyclic) bond motifs is 2. The smallest absolute Gasteiger partial charge is 0.288 e. The molecule has 0 radical (unpaired) electrons. The number of hydrogen-bond acceptors (Lipinski definition) is 7. The number of halogens is 2. The first-order valence-electron chi connectivity index (χ1n) is 10.4. The molecule has 0 N–H and O–H groups in total. The van der Waals surface area contributed by atoms with Crippen LogP contribution in [-0.4, -0.2) is 72.5 Å². The largest absolute Gasteiger partial charge is 0.464 e. The monoisotopic (exact) mass is 490 g/mol. The van der Waals surface area contributed by atoms with E-state index in [1.54, 1.807) is 6.07 Å². The fraction of sp³-hybridized carbons (Fsp3) is 0.318. The molecule has 3 aromatic heterocycles. The zero-order chi connectivity index (χ0) is 24.1.